The van der Waals surface area contributed by atoms with Crippen LogP contribution < -0.4 is 5.32 Å². The number of anilines is 1. The maximum atomic E-state index is 10.5. The molecule has 0 radical (unpaired) electrons. The van der Waals surface area contributed by atoms with E-state index in [0.29, 0.717) is 5.92 Å². The van der Waals surface area contributed by atoms with Gasteiger partial charge in [0.15, 0.2) is 0 Å². The Balaban J connectivity index is 0.000000190. The van der Waals surface area contributed by atoms with Crippen molar-refractivity contribution in [3.05, 3.63) is 63.1 Å². The first-order chi connectivity index (χ1) is 12.3. The van der Waals surface area contributed by atoms with Crippen molar-refractivity contribution < 1.29 is 9.90 Å². The second-order valence-corrected chi connectivity index (χ2v) is 7.08. The highest BCUT2D eigenvalue weighted by Gasteiger charge is 2.20. The Morgan fingerprint density at radius 1 is 1.31 bits per heavy atom. The number of fused-ring (bicyclic) bond motifs is 1. The first kappa shape index (κ1) is 20.5. The average Bonchev–Trinajstić information content (AvgIpc) is 2.62. The van der Waals surface area contributed by atoms with E-state index in [1.165, 1.54) is 17.2 Å². The summed E-state index contributed by atoms with van der Waals surface area (Å²) in [7, 11) is 1.74. The van der Waals surface area contributed by atoms with Gasteiger partial charge in [0.25, 0.3) is 0 Å². The number of rotatable bonds is 3. The molecule has 1 atom stereocenters. The van der Waals surface area contributed by atoms with Gasteiger partial charge in [0.2, 0.25) is 0 Å². The third kappa shape index (κ3) is 5.10. The van der Waals surface area contributed by atoms with Crippen LogP contribution in [0.5, 0.6) is 0 Å². The molecular weight excluding hydrogens is 391 g/mol. The van der Waals surface area contributed by atoms with Crippen LogP contribution in [0.2, 0.25) is 10.0 Å². The molecule has 26 heavy (non-hydrogen) atoms. The minimum absolute atomic E-state index is 0.121. The molecule has 0 fully saturated rings. The molecule has 1 aliphatic heterocycles. The van der Waals surface area contributed by atoms with Gasteiger partial charge in [-0.1, -0.05) is 48.4 Å². The first-order valence-corrected chi connectivity index (χ1v) is 9.26. The van der Waals surface area contributed by atoms with Gasteiger partial charge in [0, 0.05) is 30.8 Å². The molecule has 3 rings (SSSR count). The van der Waals surface area contributed by atoms with Crippen molar-refractivity contribution in [2.45, 2.75) is 19.4 Å². The molecule has 0 aliphatic carbocycles. The van der Waals surface area contributed by atoms with Crippen molar-refractivity contribution >= 4 is 52.6 Å². The van der Waals surface area contributed by atoms with E-state index in [9.17, 15) is 4.79 Å². The number of benzene rings is 2. The van der Waals surface area contributed by atoms with Crippen LogP contribution in [0, 0.1) is 0 Å². The standard InChI is InChI=1S/C11H12ClNS.C8H8ClNO2/c1-8-5-13(7-14)6-9-2-3-10(12)4-11(8)9;1-10-5-2-3-6(8(11)12)7(9)4-5/h2-4,7-8H,5-6H2,1H3;2-4,10H,1H3,(H,11,12). The van der Waals surface area contributed by atoms with Crippen LogP contribution in [0.4, 0.5) is 5.69 Å². The molecule has 7 heteroatoms. The molecule has 2 aromatic rings. The van der Waals surface area contributed by atoms with Crippen LogP contribution in [0.3, 0.4) is 0 Å². The van der Waals surface area contributed by atoms with Crippen molar-refractivity contribution in [3.8, 4) is 0 Å². The van der Waals surface area contributed by atoms with Crippen LogP contribution >= 0.6 is 35.4 Å². The van der Waals surface area contributed by atoms with E-state index in [1.54, 1.807) is 24.7 Å². The van der Waals surface area contributed by atoms with Crippen LogP contribution in [0.15, 0.2) is 36.4 Å². The molecule has 1 unspecified atom stereocenters. The minimum Gasteiger partial charge on any atom is -0.478 e. The van der Waals surface area contributed by atoms with E-state index in [2.05, 4.69) is 29.3 Å². The molecule has 1 heterocycles. The van der Waals surface area contributed by atoms with Gasteiger partial charge in [-0.25, -0.2) is 4.79 Å². The van der Waals surface area contributed by atoms with Crippen LogP contribution in [0.25, 0.3) is 0 Å². The molecule has 0 spiro atoms. The monoisotopic (exact) mass is 410 g/mol. The van der Waals surface area contributed by atoms with Crippen LogP contribution in [-0.4, -0.2) is 35.1 Å². The fourth-order valence-corrected chi connectivity index (χ4v) is 3.43. The molecule has 2 aromatic carbocycles. The predicted octanol–water partition coefficient (Wildman–Crippen LogP) is 5.30. The molecule has 0 amide bonds. The lowest BCUT2D eigenvalue weighted by Gasteiger charge is -2.31. The Kier molecular flexibility index (Phi) is 7.26. The normalized spacial score (nSPS) is 15.4. The van der Waals surface area contributed by atoms with Gasteiger partial charge in [0.1, 0.15) is 0 Å². The van der Waals surface area contributed by atoms with Gasteiger partial charge < -0.3 is 15.3 Å². The van der Waals surface area contributed by atoms with Gasteiger partial charge >= 0.3 is 5.97 Å². The third-order valence-electron chi connectivity index (χ3n) is 4.16. The molecular formula is C19H20Cl2N2O2S. The number of hydrogen-bond acceptors (Lipinski definition) is 3. The lowest BCUT2D eigenvalue weighted by Crippen LogP contribution is -2.30. The van der Waals surface area contributed by atoms with E-state index < -0.39 is 5.97 Å². The molecule has 0 saturated carbocycles. The summed E-state index contributed by atoms with van der Waals surface area (Å²) in [6.07, 6.45) is 0. The summed E-state index contributed by atoms with van der Waals surface area (Å²) in [5.74, 6) is -0.501. The zero-order valence-electron chi connectivity index (χ0n) is 14.5. The highest BCUT2D eigenvalue weighted by molar-refractivity contribution is 7.78. The maximum Gasteiger partial charge on any atom is 0.337 e. The number of nitrogens with one attached hydrogen (secondary N) is 1. The predicted molar refractivity (Wildman–Crippen MR) is 112 cm³/mol. The molecule has 0 aromatic heterocycles. The summed E-state index contributed by atoms with van der Waals surface area (Å²) in [5, 5.41) is 12.6. The Bertz CT molecular complexity index is 814. The Morgan fingerprint density at radius 3 is 2.62 bits per heavy atom. The van der Waals surface area contributed by atoms with Crippen molar-refractivity contribution in [2.75, 3.05) is 18.9 Å². The van der Waals surface area contributed by atoms with Crippen LogP contribution in [-0.2, 0) is 6.54 Å². The zero-order valence-corrected chi connectivity index (χ0v) is 16.8. The second kappa shape index (κ2) is 9.21. The summed E-state index contributed by atoms with van der Waals surface area (Å²) in [4.78, 5) is 12.7. The SMILES string of the molecule is CC1CN(C=S)Cc2ccc(Cl)cc21.CNc1ccc(C(=O)O)c(Cl)c1. The van der Waals surface area contributed by atoms with E-state index in [4.69, 9.17) is 40.5 Å². The highest BCUT2D eigenvalue weighted by Crippen LogP contribution is 2.29. The van der Waals surface area contributed by atoms with Gasteiger partial charge in [-0.2, -0.15) is 0 Å². The van der Waals surface area contributed by atoms with E-state index in [-0.39, 0.29) is 10.6 Å². The number of halogens is 2. The Labute approximate surface area is 168 Å². The molecule has 1 aliphatic rings. The van der Waals surface area contributed by atoms with Crippen molar-refractivity contribution in [3.63, 3.8) is 0 Å². The lowest BCUT2D eigenvalue weighted by molar-refractivity contribution is 0.0697. The topological polar surface area (TPSA) is 52.6 Å². The first-order valence-electron chi connectivity index (χ1n) is 8.04. The molecule has 2 N–H and O–H groups in total. The number of carboxylic acid groups (broad SMARTS) is 1. The average molecular weight is 411 g/mol. The van der Waals surface area contributed by atoms with E-state index in [1.807, 2.05) is 6.07 Å². The van der Waals surface area contributed by atoms with E-state index >= 15 is 0 Å². The summed E-state index contributed by atoms with van der Waals surface area (Å²) < 4.78 is 0. The fourth-order valence-electron chi connectivity index (χ4n) is 2.83. The largest absolute Gasteiger partial charge is 0.478 e. The number of nitrogens with zero attached hydrogens (tertiary/aromatic N) is 1. The summed E-state index contributed by atoms with van der Waals surface area (Å²) in [5.41, 5.74) is 5.37. The van der Waals surface area contributed by atoms with Crippen LogP contribution in [0.1, 0.15) is 34.3 Å². The van der Waals surface area contributed by atoms with E-state index in [0.717, 1.165) is 23.8 Å². The zero-order chi connectivity index (χ0) is 19.3. The summed E-state index contributed by atoms with van der Waals surface area (Å²) in [6.45, 7) is 4.12. The molecule has 4 nitrogen and oxygen atoms in total. The second-order valence-electron chi connectivity index (χ2n) is 6.03. The number of carboxylic acids is 1. The van der Waals surface area contributed by atoms with Gasteiger partial charge in [0.05, 0.1) is 16.1 Å². The Morgan fingerprint density at radius 2 is 2.04 bits per heavy atom. The molecule has 0 bridgehead atoms. The maximum absolute atomic E-state index is 10.5. The third-order valence-corrected chi connectivity index (χ3v) is 5.00. The number of aromatic carboxylic acids is 1. The quantitative estimate of drug-likeness (QED) is 0.672. The smallest absolute Gasteiger partial charge is 0.337 e. The Hall–Kier alpha value is -1.82. The van der Waals surface area contributed by atoms with Crippen molar-refractivity contribution in [1.29, 1.82) is 0 Å². The highest BCUT2D eigenvalue weighted by atomic mass is 35.5. The number of thiocarbonyl (C=S) groups is 1. The van der Waals surface area contributed by atoms with Crippen molar-refractivity contribution in [2.24, 2.45) is 0 Å². The number of carbonyl (C=O) groups is 1. The van der Waals surface area contributed by atoms with Crippen molar-refractivity contribution in [1.82, 2.24) is 4.90 Å². The summed E-state index contributed by atoms with van der Waals surface area (Å²) in [6, 6.07) is 10.8. The molecule has 138 valence electrons. The fraction of sp³-hybridized carbons (Fsp3) is 0.263. The van der Waals surface area contributed by atoms with Gasteiger partial charge in [-0.3, -0.25) is 0 Å². The lowest BCUT2D eigenvalue weighted by atomic mass is 9.91. The van der Waals surface area contributed by atoms with Gasteiger partial charge in [-0.15, -0.1) is 0 Å². The number of hydrogen-bond donors (Lipinski definition) is 2. The minimum atomic E-state index is -1.01. The summed E-state index contributed by atoms with van der Waals surface area (Å²) >= 11 is 16.6. The molecule has 0 saturated heterocycles. The van der Waals surface area contributed by atoms with Gasteiger partial charge in [-0.05, 0) is 47.4 Å².